The molecule has 0 fully saturated rings. The monoisotopic (exact) mass is 279 g/mol. The van der Waals surface area contributed by atoms with Crippen LogP contribution in [-0.2, 0) is 11.3 Å². The number of fused-ring (bicyclic) bond motifs is 1. The Morgan fingerprint density at radius 2 is 1.81 bits per heavy atom. The van der Waals surface area contributed by atoms with Crippen LogP contribution < -0.4 is 11.1 Å². The number of hydrogen-bond acceptors (Lipinski definition) is 2. The first-order valence-electron chi connectivity index (χ1n) is 6.88. The van der Waals surface area contributed by atoms with E-state index >= 15 is 0 Å². The summed E-state index contributed by atoms with van der Waals surface area (Å²) in [6.07, 6.45) is 1.85. The van der Waals surface area contributed by atoms with E-state index in [1.807, 2.05) is 60.8 Å². The summed E-state index contributed by atoms with van der Waals surface area (Å²) in [7, 11) is 0. The fourth-order valence-electron chi connectivity index (χ4n) is 2.51. The Morgan fingerprint density at radius 3 is 2.57 bits per heavy atom. The third-order valence-corrected chi connectivity index (χ3v) is 3.57. The molecule has 3 rings (SSSR count). The second-order valence-corrected chi connectivity index (χ2v) is 4.99. The van der Waals surface area contributed by atoms with Crippen molar-refractivity contribution < 1.29 is 4.79 Å². The molecule has 21 heavy (non-hydrogen) atoms. The number of aromatic amines is 1. The molecule has 3 aromatic rings. The highest BCUT2D eigenvalue weighted by Crippen LogP contribution is 2.24. The molecular weight excluding hydrogens is 262 g/mol. The van der Waals surface area contributed by atoms with Gasteiger partial charge in [-0.1, -0.05) is 48.5 Å². The van der Waals surface area contributed by atoms with E-state index in [4.69, 9.17) is 5.73 Å². The van der Waals surface area contributed by atoms with Crippen LogP contribution in [0.15, 0.2) is 60.8 Å². The van der Waals surface area contributed by atoms with Crippen LogP contribution in [0.1, 0.15) is 17.2 Å². The summed E-state index contributed by atoms with van der Waals surface area (Å²) < 4.78 is 0. The van der Waals surface area contributed by atoms with Crippen LogP contribution in [0, 0.1) is 0 Å². The van der Waals surface area contributed by atoms with Crippen molar-refractivity contribution in [2.24, 2.45) is 5.73 Å². The summed E-state index contributed by atoms with van der Waals surface area (Å²) in [4.78, 5) is 15.0. The second-order valence-electron chi connectivity index (χ2n) is 4.99. The smallest absolute Gasteiger partial charge is 0.239 e. The number of hydrogen-bond donors (Lipinski definition) is 3. The Hall–Kier alpha value is -2.59. The number of rotatable bonds is 5. The van der Waals surface area contributed by atoms with Crippen molar-refractivity contribution >= 4 is 16.8 Å². The minimum Gasteiger partial charge on any atom is -0.368 e. The minimum absolute atomic E-state index is 0.379. The van der Waals surface area contributed by atoms with Gasteiger partial charge in [0.1, 0.15) is 6.04 Å². The van der Waals surface area contributed by atoms with E-state index in [-0.39, 0.29) is 5.91 Å². The summed E-state index contributed by atoms with van der Waals surface area (Å²) in [5.41, 5.74) is 8.57. The van der Waals surface area contributed by atoms with Crippen LogP contribution in [0.3, 0.4) is 0 Å². The molecule has 0 saturated carbocycles. The predicted octanol–water partition coefficient (Wildman–Crippen LogP) is 2.48. The molecular formula is C17H17N3O. The van der Waals surface area contributed by atoms with E-state index < -0.39 is 6.04 Å². The fraction of sp³-hybridized carbons (Fsp3) is 0.118. The van der Waals surface area contributed by atoms with Crippen molar-refractivity contribution in [3.63, 3.8) is 0 Å². The topological polar surface area (TPSA) is 70.9 Å². The van der Waals surface area contributed by atoms with E-state index in [0.29, 0.717) is 6.54 Å². The Balaban J connectivity index is 1.86. The van der Waals surface area contributed by atoms with Gasteiger partial charge in [-0.05, 0) is 11.6 Å². The maximum absolute atomic E-state index is 11.8. The van der Waals surface area contributed by atoms with Crippen LogP contribution in [0.2, 0.25) is 0 Å². The molecule has 106 valence electrons. The summed E-state index contributed by atoms with van der Waals surface area (Å²) in [6.45, 7) is 0.591. The molecule has 0 radical (unpaired) electrons. The summed E-state index contributed by atoms with van der Waals surface area (Å²) in [6, 6.07) is 17.3. The molecule has 1 atom stereocenters. The molecule has 4 N–H and O–H groups in total. The molecule has 0 saturated heterocycles. The van der Waals surface area contributed by atoms with Crippen molar-refractivity contribution in [3.05, 3.63) is 71.9 Å². The van der Waals surface area contributed by atoms with Crippen LogP contribution in [0.4, 0.5) is 0 Å². The van der Waals surface area contributed by atoms with Crippen molar-refractivity contribution in [1.29, 1.82) is 0 Å². The van der Waals surface area contributed by atoms with Crippen molar-refractivity contribution in [3.8, 4) is 0 Å². The molecule has 4 heteroatoms. The number of carbonyl (C=O) groups excluding carboxylic acids is 1. The van der Waals surface area contributed by atoms with Gasteiger partial charge in [-0.25, -0.2) is 0 Å². The van der Waals surface area contributed by atoms with E-state index in [9.17, 15) is 4.79 Å². The number of nitrogens with two attached hydrogens (primary N) is 1. The number of aromatic nitrogens is 1. The van der Waals surface area contributed by atoms with Crippen molar-refractivity contribution in [2.75, 3.05) is 0 Å². The maximum atomic E-state index is 11.8. The van der Waals surface area contributed by atoms with E-state index in [1.165, 1.54) is 0 Å². The number of para-hydroxylation sites is 1. The summed E-state index contributed by atoms with van der Waals surface area (Å²) in [5, 5.41) is 4.25. The highest BCUT2D eigenvalue weighted by molar-refractivity contribution is 5.91. The Morgan fingerprint density at radius 1 is 1.10 bits per heavy atom. The van der Waals surface area contributed by atoms with Crippen LogP contribution >= 0.6 is 0 Å². The number of primary amides is 1. The second kappa shape index (κ2) is 5.81. The highest BCUT2D eigenvalue weighted by atomic mass is 16.1. The SMILES string of the molecule is NC(=O)C(NCc1ccccc1)c1c[nH]c2ccccc12. The molecule has 1 unspecified atom stereocenters. The number of H-pyrrole nitrogens is 1. The van der Waals surface area contributed by atoms with E-state index in [1.54, 1.807) is 0 Å². The normalized spacial score (nSPS) is 12.4. The summed E-state index contributed by atoms with van der Waals surface area (Å²) >= 11 is 0. The molecule has 0 spiro atoms. The minimum atomic E-state index is -0.513. The summed E-state index contributed by atoms with van der Waals surface area (Å²) in [5.74, 6) is -0.379. The molecule has 1 heterocycles. The molecule has 1 amide bonds. The van der Waals surface area contributed by atoms with Gasteiger partial charge in [0.05, 0.1) is 0 Å². The lowest BCUT2D eigenvalue weighted by Gasteiger charge is -2.15. The van der Waals surface area contributed by atoms with Gasteiger partial charge in [0.15, 0.2) is 0 Å². The van der Waals surface area contributed by atoms with Gasteiger partial charge < -0.3 is 10.7 Å². The fourth-order valence-corrected chi connectivity index (χ4v) is 2.51. The van der Waals surface area contributed by atoms with Crippen molar-refractivity contribution in [2.45, 2.75) is 12.6 Å². The molecule has 0 aliphatic rings. The van der Waals surface area contributed by atoms with E-state index in [2.05, 4.69) is 10.3 Å². The number of carbonyl (C=O) groups is 1. The largest absolute Gasteiger partial charge is 0.368 e. The molecule has 0 aliphatic carbocycles. The first-order valence-corrected chi connectivity index (χ1v) is 6.88. The van der Waals surface area contributed by atoms with Gasteiger partial charge in [0.2, 0.25) is 5.91 Å². The Kier molecular flexibility index (Phi) is 3.71. The average Bonchev–Trinajstić information content (AvgIpc) is 2.92. The molecule has 0 aliphatic heterocycles. The standard InChI is InChI=1S/C17H17N3O/c18-17(21)16(20-10-12-6-2-1-3-7-12)14-11-19-15-9-5-4-8-13(14)15/h1-9,11,16,19-20H,10H2,(H2,18,21). The van der Waals surface area contributed by atoms with Gasteiger partial charge in [-0.15, -0.1) is 0 Å². The zero-order valence-corrected chi connectivity index (χ0v) is 11.5. The Labute approximate surface area is 123 Å². The lowest BCUT2D eigenvalue weighted by molar-refractivity contribution is -0.120. The third-order valence-electron chi connectivity index (χ3n) is 3.57. The van der Waals surface area contributed by atoms with Crippen LogP contribution in [0.25, 0.3) is 10.9 Å². The van der Waals surface area contributed by atoms with Gasteiger partial charge in [-0.3, -0.25) is 10.1 Å². The lowest BCUT2D eigenvalue weighted by Crippen LogP contribution is -2.33. The zero-order chi connectivity index (χ0) is 14.7. The lowest BCUT2D eigenvalue weighted by atomic mass is 10.0. The maximum Gasteiger partial charge on any atom is 0.239 e. The number of benzene rings is 2. The quantitative estimate of drug-likeness (QED) is 0.671. The van der Waals surface area contributed by atoms with Gasteiger partial charge in [0, 0.05) is 29.2 Å². The number of amides is 1. The van der Waals surface area contributed by atoms with Crippen LogP contribution in [0.5, 0.6) is 0 Å². The first kappa shape index (κ1) is 13.4. The predicted molar refractivity (Wildman–Crippen MR) is 83.5 cm³/mol. The van der Waals surface area contributed by atoms with Crippen molar-refractivity contribution in [1.82, 2.24) is 10.3 Å². The third kappa shape index (κ3) is 2.80. The number of nitrogens with one attached hydrogen (secondary N) is 2. The zero-order valence-electron chi connectivity index (χ0n) is 11.5. The van der Waals surface area contributed by atoms with Gasteiger partial charge in [0.25, 0.3) is 0 Å². The van der Waals surface area contributed by atoms with Gasteiger partial charge >= 0.3 is 0 Å². The molecule has 0 bridgehead atoms. The molecule has 1 aromatic heterocycles. The molecule has 4 nitrogen and oxygen atoms in total. The highest BCUT2D eigenvalue weighted by Gasteiger charge is 2.20. The average molecular weight is 279 g/mol. The first-order chi connectivity index (χ1) is 10.3. The van der Waals surface area contributed by atoms with Gasteiger partial charge in [-0.2, -0.15) is 0 Å². The van der Waals surface area contributed by atoms with E-state index in [0.717, 1.165) is 22.0 Å². The molecule has 2 aromatic carbocycles. The Bertz CT molecular complexity index is 749. The van der Waals surface area contributed by atoms with Crippen LogP contribution in [-0.4, -0.2) is 10.9 Å².